The summed E-state index contributed by atoms with van der Waals surface area (Å²) in [5.74, 6) is 0.145. The fourth-order valence-electron chi connectivity index (χ4n) is 2.85. The van der Waals surface area contributed by atoms with Crippen molar-refractivity contribution in [3.8, 4) is 6.07 Å². The van der Waals surface area contributed by atoms with Gasteiger partial charge in [-0.1, -0.05) is 29.3 Å². The smallest absolute Gasteiger partial charge is 0.293 e. The summed E-state index contributed by atoms with van der Waals surface area (Å²) in [5, 5.41) is 9.07. The van der Waals surface area contributed by atoms with E-state index in [0.29, 0.717) is 27.1 Å². The summed E-state index contributed by atoms with van der Waals surface area (Å²) in [6, 6.07) is 9.87. The Morgan fingerprint density at radius 1 is 1.25 bits per heavy atom. The van der Waals surface area contributed by atoms with E-state index < -0.39 is 21.2 Å². The summed E-state index contributed by atoms with van der Waals surface area (Å²) in [7, 11) is -3.53. The van der Waals surface area contributed by atoms with Crippen LogP contribution in [0.25, 0.3) is 6.08 Å². The second-order valence-corrected chi connectivity index (χ2v) is 10.6. The molecule has 1 saturated heterocycles. The van der Waals surface area contributed by atoms with Gasteiger partial charge in [-0.15, -0.1) is 0 Å². The van der Waals surface area contributed by atoms with Crippen molar-refractivity contribution in [3.05, 3.63) is 62.4 Å². The summed E-state index contributed by atoms with van der Waals surface area (Å²) < 4.78 is 30.5. The Hall–Kier alpha value is -2.29. The van der Waals surface area contributed by atoms with Gasteiger partial charge in [-0.05, 0) is 41.6 Å². The van der Waals surface area contributed by atoms with E-state index in [1.807, 2.05) is 6.07 Å². The van der Waals surface area contributed by atoms with Crippen LogP contribution in [-0.2, 0) is 27.9 Å². The molecule has 1 aliphatic heterocycles. The summed E-state index contributed by atoms with van der Waals surface area (Å²) in [6.45, 7) is -0.00790. The monoisotopic (exact) mass is 513 g/mol. The van der Waals surface area contributed by atoms with E-state index in [4.69, 9.17) is 32.9 Å². The van der Waals surface area contributed by atoms with Crippen LogP contribution >= 0.6 is 35.0 Å². The van der Waals surface area contributed by atoms with E-state index in [2.05, 4.69) is 0 Å². The number of imide groups is 1. The minimum atomic E-state index is -3.53. The average Bonchev–Trinajstić information content (AvgIpc) is 3.25. The number of benzene rings is 1. The highest BCUT2D eigenvalue weighted by Crippen LogP contribution is 2.34. The molecule has 2 heterocycles. The molecule has 0 radical (unpaired) electrons. The van der Waals surface area contributed by atoms with Crippen molar-refractivity contribution in [2.24, 2.45) is 0 Å². The highest BCUT2D eigenvalue weighted by Gasteiger charge is 2.35. The molecule has 0 saturated carbocycles. The number of furan rings is 1. The molecule has 0 N–H and O–H groups in total. The first-order valence-corrected chi connectivity index (χ1v) is 12.6. The molecule has 1 aliphatic rings. The summed E-state index contributed by atoms with van der Waals surface area (Å²) >= 11 is 12.8. The van der Waals surface area contributed by atoms with Gasteiger partial charge in [0.2, 0.25) is 10.0 Å². The molecule has 2 aromatic rings. The molecule has 0 spiro atoms. The number of hydrogen-bond donors (Lipinski definition) is 0. The van der Waals surface area contributed by atoms with Crippen LogP contribution < -0.4 is 0 Å². The number of amides is 2. The van der Waals surface area contributed by atoms with Gasteiger partial charge >= 0.3 is 0 Å². The predicted octanol–water partition coefficient (Wildman–Crippen LogP) is 4.50. The van der Waals surface area contributed by atoms with Gasteiger partial charge in [-0.2, -0.15) is 9.57 Å². The molecule has 1 aromatic heterocycles. The molecular formula is C20H17Cl2N3O5S2. The Kier molecular flexibility index (Phi) is 7.69. The van der Waals surface area contributed by atoms with Crippen molar-refractivity contribution in [2.45, 2.75) is 19.5 Å². The lowest BCUT2D eigenvalue weighted by molar-refractivity contribution is -0.123. The molecule has 0 unspecified atom stereocenters. The van der Waals surface area contributed by atoms with E-state index in [9.17, 15) is 18.0 Å². The molecule has 1 aromatic carbocycles. The Labute approximate surface area is 199 Å². The maximum atomic E-state index is 12.7. The quantitative estimate of drug-likeness (QED) is 0.477. The topological polar surface area (TPSA) is 112 Å². The maximum Gasteiger partial charge on any atom is 0.293 e. The first-order valence-electron chi connectivity index (χ1n) is 9.18. The van der Waals surface area contributed by atoms with Gasteiger partial charge < -0.3 is 4.42 Å². The lowest BCUT2D eigenvalue weighted by Crippen LogP contribution is -2.30. The molecule has 0 atom stereocenters. The number of sulfonamides is 1. The number of carbonyl (C=O) groups is 2. The molecule has 1 fully saturated rings. The van der Waals surface area contributed by atoms with E-state index in [1.165, 1.54) is 12.1 Å². The first-order chi connectivity index (χ1) is 15.1. The molecule has 0 aliphatic carbocycles. The number of rotatable bonds is 8. The van der Waals surface area contributed by atoms with Crippen molar-refractivity contribution < 1.29 is 22.4 Å². The van der Waals surface area contributed by atoms with Gasteiger partial charge in [0, 0.05) is 29.1 Å². The zero-order chi connectivity index (χ0) is 23.5. The fraction of sp³-hybridized carbons (Fsp3) is 0.250. The molecule has 3 rings (SSSR count). The lowest BCUT2D eigenvalue weighted by atomic mass is 10.2. The largest absolute Gasteiger partial charge is 0.460 e. The van der Waals surface area contributed by atoms with Gasteiger partial charge in [0.05, 0.1) is 30.3 Å². The van der Waals surface area contributed by atoms with Gasteiger partial charge in [0.1, 0.15) is 11.5 Å². The zero-order valence-electron chi connectivity index (χ0n) is 16.7. The van der Waals surface area contributed by atoms with Gasteiger partial charge in [-0.3, -0.25) is 14.5 Å². The molecular weight excluding hydrogens is 497 g/mol. The molecule has 168 valence electrons. The predicted molar refractivity (Wildman–Crippen MR) is 122 cm³/mol. The van der Waals surface area contributed by atoms with Crippen molar-refractivity contribution in [2.75, 3.05) is 12.8 Å². The number of nitrogens with zero attached hydrogens (tertiary/aromatic N) is 3. The normalized spacial score (nSPS) is 15.7. The molecule has 12 heteroatoms. The average molecular weight is 514 g/mol. The van der Waals surface area contributed by atoms with E-state index in [1.54, 1.807) is 24.3 Å². The standard InChI is InChI=1S/C20H17Cl2N3O5S2/c1-32(28,29)24(8-2-7-23)12-16-6-5-15(30-16)10-18-19(26)25(20(27)31-18)11-13-3-4-14(21)9-17(13)22/h3-6,9-10H,2,8,11-12H2,1H3/b18-10-. The van der Waals surface area contributed by atoms with Crippen LogP contribution in [0.3, 0.4) is 0 Å². The van der Waals surface area contributed by atoms with E-state index in [0.717, 1.165) is 27.2 Å². The zero-order valence-corrected chi connectivity index (χ0v) is 19.9. The SMILES string of the molecule is CS(=O)(=O)N(CCC#N)Cc1ccc(/C=C2\SC(=O)N(Cc3ccc(Cl)cc3Cl)C2=O)o1. The van der Waals surface area contributed by atoms with E-state index >= 15 is 0 Å². The molecule has 8 nitrogen and oxygen atoms in total. The second kappa shape index (κ2) is 10.1. The van der Waals surface area contributed by atoms with Gasteiger partial charge in [0.15, 0.2) is 0 Å². The first kappa shape index (κ1) is 24.4. The van der Waals surface area contributed by atoms with Crippen LogP contribution in [0.2, 0.25) is 10.0 Å². The van der Waals surface area contributed by atoms with Crippen LogP contribution in [0.15, 0.2) is 39.7 Å². The minimum absolute atomic E-state index is 0.00360. The molecule has 32 heavy (non-hydrogen) atoms. The Bertz CT molecular complexity index is 1230. The number of halogens is 2. The minimum Gasteiger partial charge on any atom is -0.460 e. The fourth-order valence-corrected chi connectivity index (χ4v) is 4.92. The van der Waals surface area contributed by atoms with E-state index in [-0.39, 0.29) is 31.0 Å². The highest BCUT2D eigenvalue weighted by molar-refractivity contribution is 8.18. The third kappa shape index (κ3) is 5.94. The number of thioether (sulfide) groups is 1. The maximum absolute atomic E-state index is 12.7. The second-order valence-electron chi connectivity index (χ2n) is 6.81. The van der Waals surface area contributed by atoms with Crippen LogP contribution in [0.1, 0.15) is 23.5 Å². The van der Waals surface area contributed by atoms with Gasteiger partial charge in [-0.25, -0.2) is 8.42 Å². The number of carbonyl (C=O) groups excluding carboxylic acids is 2. The van der Waals surface area contributed by atoms with Crippen molar-refractivity contribution in [3.63, 3.8) is 0 Å². The van der Waals surface area contributed by atoms with Crippen LogP contribution in [0.4, 0.5) is 4.79 Å². The Morgan fingerprint density at radius 3 is 2.66 bits per heavy atom. The Balaban J connectivity index is 1.74. The van der Waals surface area contributed by atoms with Crippen LogP contribution in [0.5, 0.6) is 0 Å². The molecule has 2 amide bonds. The van der Waals surface area contributed by atoms with Crippen LogP contribution in [-0.4, -0.2) is 41.6 Å². The van der Waals surface area contributed by atoms with Crippen LogP contribution in [0, 0.1) is 11.3 Å². The van der Waals surface area contributed by atoms with Crippen molar-refractivity contribution in [1.82, 2.24) is 9.21 Å². The highest BCUT2D eigenvalue weighted by atomic mass is 35.5. The molecule has 0 bridgehead atoms. The van der Waals surface area contributed by atoms with Crippen molar-refractivity contribution in [1.29, 1.82) is 5.26 Å². The third-order valence-corrected chi connectivity index (χ3v) is 7.19. The third-order valence-electron chi connectivity index (χ3n) is 4.45. The van der Waals surface area contributed by atoms with Gasteiger partial charge in [0.25, 0.3) is 11.1 Å². The lowest BCUT2D eigenvalue weighted by Gasteiger charge is -2.16. The summed E-state index contributed by atoms with van der Waals surface area (Å²) in [5.41, 5.74) is 0.582. The summed E-state index contributed by atoms with van der Waals surface area (Å²) in [6.07, 6.45) is 2.53. The number of nitriles is 1. The Morgan fingerprint density at radius 2 is 2.00 bits per heavy atom. The number of hydrogen-bond acceptors (Lipinski definition) is 7. The van der Waals surface area contributed by atoms with Crippen molar-refractivity contribution >= 4 is 62.2 Å². The summed E-state index contributed by atoms with van der Waals surface area (Å²) in [4.78, 5) is 26.3.